The summed E-state index contributed by atoms with van der Waals surface area (Å²) in [6, 6.07) is 12.3. The van der Waals surface area contributed by atoms with Crippen molar-refractivity contribution in [3.05, 3.63) is 69.5 Å². The van der Waals surface area contributed by atoms with E-state index in [2.05, 4.69) is 11.4 Å². The Morgan fingerprint density at radius 2 is 1.79 bits per heavy atom. The van der Waals surface area contributed by atoms with Crippen molar-refractivity contribution in [1.29, 1.82) is 5.26 Å². The minimum absolute atomic E-state index is 0.178. The zero-order chi connectivity index (χ0) is 25.5. The van der Waals surface area contributed by atoms with Gasteiger partial charge in [0.2, 0.25) is 0 Å². The highest BCUT2D eigenvalue weighted by molar-refractivity contribution is 6.31. The molecule has 4 atom stereocenters. The lowest BCUT2D eigenvalue weighted by molar-refractivity contribution is -0.157. The molecular weight excluding hydrogens is 474 g/mol. The fourth-order valence-corrected chi connectivity index (χ4v) is 5.28. The quantitative estimate of drug-likeness (QED) is 0.465. The summed E-state index contributed by atoms with van der Waals surface area (Å²) >= 11 is 12.7. The van der Waals surface area contributed by atoms with Gasteiger partial charge in [-0.2, -0.15) is 5.26 Å². The van der Waals surface area contributed by atoms with Crippen LogP contribution in [0.3, 0.4) is 0 Å². The lowest BCUT2D eigenvalue weighted by Crippen LogP contribution is -2.44. The molecule has 0 unspecified atom stereocenters. The van der Waals surface area contributed by atoms with Crippen molar-refractivity contribution >= 4 is 29.2 Å². The highest BCUT2D eigenvalue weighted by Gasteiger charge is 2.61. The van der Waals surface area contributed by atoms with E-state index in [-0.39, 0.29) is 16.0 Å². The Morgan fingerprint density at radius 3 is 2.32 bits per heavy atom. The molecule has 2 aromatic carbocycles. The van der Waals surface area contributed by atoms with Gasteiger partial charge >= 0.3 is 5.97 Å². The van der Waals surface area contributed by atoms with Crippen molar-refractivity contribution in [3.8, 4) is 6.07 Å². The van der Waals surface area contributed by atoms with Gasteiger partial charge in [-0.25, -0.2) is 4.39 Å². The van der Waals surface area contributed by atoms with Gasteiger partial charge in [-0.1, -0.05) is 68.2 Å². The minimum Gasteiger partial charge on any atom is -0.459 e. The summed E-state index contributed by atoms with van der Waals surface area (Å²) in [5, 5.41) is 14.8. The van der Waals surface area contributed by atoms with Gasteiger partial charge in [0.1, 0.15) is 22.9 Å². The maximum Gasteiger partial charge on any atom is 0.324 e. The van der Waals surface area contributed by atoms with Gasteiger partial charge in [0.15, 0.2) is 0 Å². The predicted molar refractivity (Wildman–Crippen MR) is 134 cm³/mol. The standard InChI is InChI=1S/C27H31Cl2FN2O2/c1-25(2,3)14-21-27(15-31,18-12-11-16(28)13-20(18)30)22(17-9-7-8-10-19(17)29)23(32-21)24(33)34-26(4,5)6/h7-13,21-23,32H,14H2,1-6H3/t21-,22+,23+,27-/m0/s1. The smallest absolute Gasteiger partial charge is 0.324 e. The number of carbonyl (C=O) groups is 1. The molecular formula is C27H31Cl2FN2O2. The molecule has 2 aromatic rings. The van der Waals surface area contributed by atoms with E-state index in [0.29, 0.717) is 17.0 Å². The average Bonchev–Trinajstić information content (AvgIpc) is 3.00. The molecule has 1 aliphatic rings. The van der Waals surface area contributed by atoms with E-state index >= 15 is 4.39 Å². The van der Waals surface area contributed by atoms with Crippen molar-refractivity contribution in [1.82, 2.24) is 5.32 Å². The number of nitriles is 1. The van der Waals surface area contributed by atoms with E-state index in [4.69, 9.17) is 27.9 Å². The minimum atomic E-state index is -1.45. The number of benzene rings is 2. The number of rotatable bonds is 4. The Labute approximate surface area is 211 Å². The molecule has 34 heavy (non-hydrogen) atoms. The molecule has 0 bridgehead atoms. The first kappa shape index (κ1) is 26.5. The molecule has 0 radical (unpaired) electrons. The lowest BCUT2D eigenvalue weighted by atomic mass is 9.63. The van der Waals surface area contributed by atoms with Gasteiger partial charge < -0.3 is 4.74 Å². The van der Waals surface area contributed by atoms with Crippen molar-refractivity contribution in [3.63, 3.8) is 0 Å². The summed E-state index contributed by atoms with van der Waals surface area (Å²) in [6.45, 7) is 11.5. The van der Waals surface area contributed by atoms with Crippen molar-refractivity contribution < 1.29 is 13.9 Å². The third kappa shape index (κ3) is 5.25. The second kappa shape index (κ2) is 9.49. The van der Waals surface area contributed by atoms with Crippen LogP contribution >= 0.6 is 23.2 Å². The third-order valence-corrected chi connectivity index (χ3v) is 6.61. The van der Waals surface area contributed by atoms with E-state index in [0.717, 1.165) is 0 Å². The monoisotopic (exact) mass is 504 g/mol. The van der Waals surface area contributed by atoms with Crippen LogP contribution in [0, 0.1) is 22.6 Å². The van der Waals surface area contributed by atoms with E-state index in [1.807, 2.05) is 20.8 Å². The van der Waals surface area contributed by atoms with Crippen LogP contribution in [-0.4, -0.2) is 23.7 Å². The highest BCUT2D eigenvalue weighted by Crippen LogP contribution is 2.53. The van der Waals surface area contributed by atoms with Crippen LogP contribution in [0.1, 0.15) is 65.0 Å². The SMILES string of the molecule is CC(C)(C)C[C@@H]1N[C@@H](C(=O)OC(C)(C)C)[C@@H](c2ccccc2Cl)[C@@]1(C#N)c1ccc(Cl)cc1F. The van der Waals surface area contributed by atoms with Crippen LogP contribution in [0.4, 0.5) is 4.39 Å². The molecule has 0 saturated carbocycles. The zero-order valence-electron chi connectivity index (χ0n) is 20.4. The lowest BCUT2D eigenvalue weighted by Gasteiger charge is -2.37. The maximum absolute atomic E-state index is 15.5. The molecule has 0 spiro atoms. The fraction of sp³-hybridized carbons (Fsp3) is 0.481. The Kier molecular flexibility index (Phi) is 7.39. The van der Waals surface area contributed by atoms with Crippen molar-refractivity contribution in [2.24, 2.45) is 5.41 Å². The van der Waals surface area contributed by atoms with Gasteiger partial charge in [0.05, 0.1) is 6.07 Å². The van der Waals surface area contributed by atoms with Crippen LogP contribution in [0.15, 0.2) is 42.5 Å². The molecule has 7 heteroatoms. The molecule has 0 aliphatic carbocycles. The number of ether oxygens (including phenoxy) is 1. The molecule has 1 heterocycles. The van der Waals surface area contributed by atoms with Gasteiger partial charge in [0.25, 0.3) is 0 Å². The molecule has 1 fully saturated rings. The van der Waals surface area contributed by atoms with E-state index in [9.17, 15) is 10.1 Å². The average molecular weight is 505 g/mol. The molecule has 4 nitrogen and oxygen atoms in total. The van der Waals surface area contributed by atoms with E-state index < -0.39 is 40.8 Å². The second-order valence-electron chi connectivity index (χ2n) is 11.1. The molecule has 0 amide bonds. The summed E-state index contributed by atoms with van der Waals surface area (Å²) in [5.41, 5.74) is -1.66. The van der Waals surface area contributed by atoms with Crippen LogP contribution in [0.25, 0.3) is 0 Å². The maximum atomic E-state index is 15.5. The first-order chi connectivity index (χ1) is 15.7. The Balaban J connectivity index is 2.34. The Morgan fingerprint density at radius 1 is 1.15 bits per heavy atom. The first-order valence-corrected chi connectivity index (χ1v) is 12.1. The first-order valence-electron chi connectivity index (χ1n) is 11.3. The normalized spacial score (nSPS) is 25.1. The summed E-state index contributed by atoms with van der Waals surface area (Å²) in [7, 11) is 0. The topological polar surface area (TPSA) is 62.1 Å². The van der Waals surface area contributed by atoms with Crippen LogP contribution in [0.2, 0.25) is 10.0 Å². The van der Waals surface area contributed by atoms with Gasteiger partial charge in [0, 0.05) is 27.6 Å². The number of carbonyl (C=O) groups excluding carboxylic acids is 1. The highest BCUT2D eigenvalue weighted by atomic mass is 35.5. The van der Waals surface area contributed by atoms with Crippen LogP contribution in [0.5, 0.6) is 0 Å². The van der Waals surface area contributed by atoms with Gasteiger partial charge in [-0.15, -0.1) is 0 Å². The summed E-state index contributed by atoms with van der Waals surface area (Å²) in [4.78, 5) is 13.5. The largest absolute Gasteiger partial charge is 0.459 e. The second-order valence-corrected chi connectivity index (χ2v) is 11.9. The summed E-state index contributed by atoms with van der Waals surface area (Å²) < 4.78 is 21.3. The van der Waals surface area contributed by atoms with Gasteiger partial charge in [-0.05, 0) is 56.4 Å². The number of nitrogens with one attached hydrogen (secondary N) is 1. The van der Waals surface area contributed by atoms with Crippen LogP contribution in [-0.2, 0) is 14.9 Å². The molecule has 3 rings (SSSR count). The van der Waals surface area contributed by atoms with E-state index in [1.54, 1.807) is 57.2 Å². The Hall–Kier alpha value is -2.13. The molecule has 1 N–H and O–H groups in total. The molecule has 1 aliphatic heterocycles. The van der Waals surface area contributed by atoms with Crippen molar-refractivity contribution in [2.45, 2.75) is 77.0 Å². The molecule has 182 valence electrons. The zero-order valence-corrected chi connectivity index (χ0v) is 21.9. The number of hydrogen-bond donors (Lipinski definition) is 1. The fourth-order valence-electron chi connectivity index (χ4n) is 4.87. The predicted octanol–water partition coefficient (Wildman–Crippen LogP) is 6.80. The number of halogens is 3. The third-order valence-electron chi connectivity index (χ3n) is 6.03. The number of hydrogen-bond acceptors (Lipinski definition) is 4. The van der Waals surface area contributed by atoms with Gasteiger partial charge in [-0.3, -0.25) is 10.1 Å². The van der Waals surface area contributed by atoms with E-state index in [1.165, 1.54) is 6.07 Å². The number of esters is 1. The molecule has 1 saturated heterocycles. The summed E-state index contributed by atoms with van der Waals surface area (Å²) in [6.07, 6.45) is 0.503. The Bertz CT molecular complexity index is 1120. The molecule has 0 aromatic heterocycles. The number of nitrogens with zero attached hydrogens (tertiary/aromatic N) is 1. The van der Waals surface area contributed by atoms with Crippen molar-refractivity contribution in [2.75, 3.05) is 0 Å². The van der Waals surface area contributed by atoms with Crippen LogP contribution < -0.4 is 5.32 Å². The summed E-state index contributed by atoms with van der Waals surface area (Å²) in [5.74, 6) is -1.91.